The summed E-state index contributed by atoms with van der Waals surface area (Å²) in [5, 5.41) is 13.2. The minimum absolute atomic E-state index is 0.924. The maximum Gasteiger partial charge on any atom is 0.178 e. The lowest BCUT2D eigenvalue weighted by molar-refractivity contribution is 0.762. The van der Waals surface area contributed by atoms with Crippen molar-refractivity contribution in [2.75, 3.05) is 0 Å². The molecule has 2 aromatic rings. The largest absolute Gasteiger partial charge is 0.265 e. The molecule has 0 bridgehead atoms. The molecule has 68 valence electrons. The Labute approximate surface area is 93.1 Å². The van der Waals surface area contributed by atoms with Crippen molar-refractivity contribution in [2.45, 2.75) is 6.92 Å². The van der Waals surface area contributed by atoms with E-state index in [1.807, 2.05) is 24.7 Å². The van der Waals surface area contributed by atoms with Gasteiger partial charge in [-0.2, -0.15) is 5.10 Å². The van der Waals surface area contributed by atoms with Crippen LogP contribution in [0.1, 0.15) is 5.69 Å². The monoisotopic (exact) mass is 306 g/mol. The molecule has 2 aromatic heterocycles. The minimum atomic E-state index is 0.924. The van der Waals surface area contributed by atoms with Crippen molar-refractivity contribution in [3.8, 4) is 10.7 Å². The van der Waals surface area contributed by atoms with E-state index >= 15 is 0 Å². The Morgan fingerprint density at radius 3 is 2.69 bits per heavy atom. The normalized spacial score (nSPS) is 10.7. The highest BCUT2D eigenvalue weighted by Gasteiger charge is 2.09. The molecular weight excluding hydrogens is 299 g/mol. The van der Waals surface area contributed by atoms with E-state index in [2.05, 4.69) is 37.9 Å². The van der Waals surface area contributed by atoms with Crippen LogP contribution in [0.4, 0.5) is 0 Å². The summed E-state index contributed by atoms with van der Waals surface area (Å²) in [5.41, 5.74) is 2.03. The number of halogens is 1. The van der Waals surface area contributed by atoms with Gasteiger partial charge in [0.2, 0.25) is 0 Å². The van der Waals surface area contributed by atoms with Gasteiger partial charge in [-0.15, -0.1) is 10.2 Å². The van der Waals surface area contributed by atoms with Crippen LogP contribution < -0.4 is 0 Å². The van der Waals surface area contributed by atoms with Crippen LogP contribution in [0.15, 0.2) is 6.07 Å². The summed E-state index contributed by atoms with van der Waals surface area (Å²) in [6.45, 7) is 1.97. The zero-order valence-electron chi connectivity index (χ0n) is 7.15. The van der Waals surface area contributed by atoms with E-state index in [9.17, 15) is 0 Å². The first-order valence-electron chi connectivity index (χ1n) is 3.67. The first-order valence-corrected chi connectivity index (χ1v) is 5.56. The van der Waals surface area contributed by atoms with E-state index in [-0.39, 0.29) is 0 Å². The van der Waals surface area contributed by atoms with Crippen molar-refractivity contribution in [1.29, 1.82) is 0 Å². The standard InChI is InChI=1S/C7H7IN4S/c1-4-3-5(12(2)11-4)6-9-10-7(8)13-6/h3H,1-2H3. The predicted octanol–water partition coefficient (Wildman–Crippen LogP) is 1.85. The maximum atomic E-state index is 4.25. The van der Waals surface area contributed by atoms with Crippen molar-refractivity contribution in [3.05, 3.63) is 14.8 Å². The van der Waals surface area contributed by atoms with Gasteiger partial charge in [-0.05, 0) is 35.6 Å². The second kappa shape index (κ2) is 3.33. The lowest BCUT2D eigenvalue weighted by atomic mass is 10.4. The second-order valence-electron chi connectivity index (χ2n) is 2.65. The van der Waals surface area contributed by atoms with Crippen LogP contribution in [-0.4, -0.2) is 20.0 Å². The van der Waals surface area contributed by atoms with Crippen LogP contribution in [0.3, 0.4) is 0 Å². The van der Waals surface area contributed by atoms with Crippen LogP contribution >= 0.6 is 33.9 Å². The number of rotatable bonds is 1. The van der Waals surface area contributed by atoms with E-state index in [4.69, 9.17) is 0 Å². The second-order valence-corrected chi connectivity index (χ2v) is 5.39. The first kappa shape index (κ1) is 9.07. The smallest absolute Gasteiger partial charge is 0.178 e. The van der Waals surface area contributed by atoms with Gasteiger partial charge in [-0.25, -0.2) is 0 Å². The van der Waals surface area contributed by atoms with Crippen molar-refractivity contribution in [3.63, 3.8) is 0 Å². The molecule has 0 aromatic carbocycles. The number of aromatic nitrogens is 4. The summed E-state index contributed by atoms with van der Waals surface area (Å²) in [7, 11) is 1.91. The van der Waals surface area contributed by atoms with E-state index in [0.29, 0.717) is 0 Å². The molecule has 0 unspecified atom stereocenters. The molecule has 0 fully saturated rings. The zero-order chi connectivity index (χ0) is 9.42. The number of aryl methyl sites for hydroxylation is 2. The zero-order valence-corrected chi connectivity index (χ0v) is 10.1. The Morgan fingerprint density at radius 1 is 1.46 bits per heavy atom. The van der Waals surface area contributed by atoms with Gasteiger partial charge < -0.3 is 0 Å². The SMILES string of the molecule is Cc1cc(-c2nnc(I)s2)n(C)n1. The summed E-state index contributed by atoms with van der Waals surface area (Å²) >= 11 is 3.73. The third-order valence-electron chi connectivity index (χ3n) is 1.62. The number of hydrogen-bond acceptors (Lipinski definition) is 4. The van der Waals surface area contributed by atoms with Crippen LogP contribution in [0.2, 0.25) is 0 Å². The summed E-state index contributed by atoms with van der Waals surface area (Å²) in [6, 6.07) is 2.01. The van der Waals surface area contributed by atoms with E-state index in [0.717, 1.165) is 19.4 Å². The average molecular weight is 306 g/mol. The molecule has 2 rings (SSSR count). The highest BCUT2D eigenvalue weighted by atomic mass is 127. The van der Waals surface area contributed by atoms with Gasteiger partial charge in [0.05, 0.1) is 11.4 Å². The molecule has 0 amide bonds. The summed E-state index contributed by atoms with van der Waals surface area (Å²) in [6.07, 6.45) is 0. The molecule has 0 aliphatic carbocycles. The molecule has 0 N–H and O–H groups in total. The van der Waals surface area contributed by atoms with Gasteiger partial charge in [-0.1, -0.05) is 11.3 Å². The van der Waals surface area contributed by atoms with E-state index in [1.165, 1.54) is 0 Å². The molecule has 0 radical (unpaired) electrons. The number of nitrogens with zero attached hydrogens (tertiary/aromatic N) is 4. The quantitative estimate of drug-likeness (QED) is 0.755. The molecule has 0 spiro atoms. The first-order chi connectivity index (χ1) is 6.16. The highest BCUT2D eigenvalue weighted by molar-refractivity contribution is 14.1. The summed E-state index contributed by atoms with van der Waals surface area (Å²) in [5.74, 6) is 0. The Kier molecular flexibility index (Phi) is 2.33. The van der Waals surface area contributed by atoms with Gasteiger partial charge in [-0.3, -0.25) is 4.68 Å². The molecule has 13 heavy (non-hydrogen) atoms. The molecule has 0 aliphatic heterocycles. The molecule has 0 saturated carbocycles. The lowest BCUT2D eigenvalue weighted by Crippen LogP contribution is -1.93. The highest BCUT2D eigenvalue weighted by Crippen LogP contribution is 2.24. The van der Waals surface area contributed by atoms with Crippen molar-refractivity contribution in [2.24, 2.45) is 7.05 Å². The third kappa shape index (κ3) is 1.73. The molecule has 4 nitrogen and oxygen atoms in total. The summed E-state index contributed by atoms with van der Waals surface area (Å²) in [4.78, 5) is 0. The molecule has 0 aliphatic rings. The van der Waals surface area contributed by atoms with Gasteiger partial charge in [0.25, 0.3) is 0 Å². The van der Waals surface area contributed by atoms with Crippen LogP contribution in [0.25, 0.3) is 10.7 Å². The maximum absolute atomic E-state index is 4.25. The summed E-state index contributed by atoms with van der Waals surface area (Å²) < 4.78 is 2.78. The van der Waals surface area contributed by atoms with Crippen molar-refractivity contribution < 1.29 is 0 Å². The van der Waals surface area contributed by atoms with Gasteiger partial charge in [0, 0.05) is 7.05 Å². The fraction of sp³-hybridized carbons (Fsp3) is 0.286. The van der Waals surface area contributed by atoms with Gasteiger partial charge >= 0.3 is 0 Å². The van der Waals surface area contributed by atoms with Crippen LogP contribution in [-0.2, 0) is 7.05 Å². The molecular formula is C7H7IN4S. The molecule has 2 heterocycles. The van der Waals surface area contributed by atoms with Crippen LogP contribution in [0, 0.1) is 9.94 Å². The Morgan fingerprint density at radius 2 is 2.23 bits per heavy atom. The Bertz CT molecular complexity index is 433. The van der Waals surface area contributed by atoms with Crippen molar-refractivity contribution in [1.82, 2.24) is 20.0 Å². The minimum Gasteiger partial charge on any atom is -0.265 e. The van der Waals surface area contributed by atoms with Crippen LogP contribution in [0.5, 0.6) is 0 Å². The van der Waals surface area contributed by atoms with Gasteiger partial charge in [0.1, 0.15) is 0 Å². The van der Waals surface area contributed by atoms with E-state index in [1.54, 1.807) is 11.3 Å². The molecule has 0 saturated heterocycles. The third-order valence-corrected chi connectivity index (χ3v) is 3.23. The molecule has 0 atom stereocenters. The fourth-order valence-electron chi connectivity index (χ4n) is 1.12. The average Bonchev–Trinajstić information content (AvgIpc) is 2.58. The van der Waals surface area contributed by atoms with Crippen molar-refractivity contribution >= 4 is 33.9 Å². The molecule has 6 heteroatoms. The number of hydrogen-bond donors (Lipinski definition) is 0. The predicted molar refractivity (Wildman–Crippen MR) is 59.6 cm³/mol. The Balaban J connectivity index is 2.51. The Hall–Kier alpha value is -0.500. The van der Waals surface area contributed by atoms with E-state index < -0.39 is 0 Å². The topological polar surface area (TPSA) is 43.6 Å². The van der Waals surface area contributed by atoms with Gasteiger partial charge in [0.15, 0.2) is 8.02 Å². The fourth-order valence-corrected chi connectivity index (χ4v) is 2.47. The lowest BCUT2D eigenvalue weighted by Gasteiger charge is -1.93.